The topological polar surface area (TPSA) is 38.3 Å². The molecule has 1 aliphatic carbocycles. The van der Waals surface area contributed by atoms with E-state index in [1.807, 2.05) is 13.8 Å². The second kappa shape index (κ2) is 5.72. The molecule has 1 aromatic carbocycles. The Balaban J connectivity index is 2.14. The molecule has 1 saturated carbocycles. The number of nitrogens with one attached hydrogen (secondary N) is 1. The van der Waals surface area contributed by atoms with E-state index in [1.54, 1.807) is 0 Å². The monoisotopic (exact) mass is 297 g/mol. The standard InChI is InChI=1S/C16H21F2NO2/c1-15(2)9-16(15,10-19-14(20)6-7-21-3)12-5-4-11(17)8-13(12)18/h4-5,8H,6-7,9-10H2,1-3H3,(H,19,20). The van der Waals surface area contributed by atoms with Crippen LogP contribution in [0, 0.1) is 17.0 Å². The van der Waals surface area contributed by atoms with Crippen molar-refractivity contribution in [1.29, 1.82) is 0 Å². The molecule has 0 aromatic heterocycles. The van der Waals surface area contributed by atoms with E-state index < -0.39 is 17.0 Å². The van der Waals surface area contributed by atoms with E-state index in [0.717, 1.165) is 12.5 Å². The van der Waals surface area contributed by atoms with Gasteiger partial charge in [0.2, 0.25) is 5.91 Å². The molecule has 0 heterocycles. The summed E-state index contributed by atoms with van der Waals surface area (Å²) in [6.07, 6.45) is 1.03. The van der Waals surface area contributed by atoms with Crippen LogP contribution >= 0.6 is 0 Å². The fraction of sp³-hybridized carbons (Fsp3) is 0.562. The quantitative estimate of drug-likeness (QED) is 0.877. The van der Waals surface area contributed by atoms with Gasteiger partial charge in [-0.05, 0) is 23.5 Å². The Morgan fingerprint density at radius 2 is 2.05 bits per heavy atom. The first kappa shape index (κ1) is 15.9. The highest BCUT2D eigenvalue weighted by atomic mass is 19.1. The number of hydrogen-bond donors (Lipinski definition) is 1. The summed E-state index contributed by atoms with van der Waals surface area (Å²) >= 11 is 0. The van der Waals surface area contributed by atoms with Crippen molar-refractivity contribution in [3.05, 3.63) is 35.4 Å². The van der Waals surface area contributed by atoms with Crippen molar-refractivity contribution in [2.24, 2.45) is 5.41 Å². The summed E-state index contributed by atoms with van der Waals surface area (Å²) in [7, 11) is 1.53. The summed E-state index contributed by atoms with van der Waals surface area (Å²) in [6, 6.07) is 3.65. The number of halogens is 2. The van der Waals surface area contributed by atoms with Crippen LogP contribution in [-0.2, 0) is 14.9 Å². The van der Waals surface area contributed by atoms with E-state index in [1.165, 1.54) is 19.2 Å². The van der Waals surface area contributed by atoms with Gasteiger partial charge in [0.15, 0.2) is 0 Å². The van der Waals surface area contributed by atoms with E-state index in [0.29, 0.717) is 18.7 Å². The van der Waals surface area contributed by atoms with Gasteiger partial charge >= 0.3 is 0 Å². The maximum atomic E-state index is 14.1. The first-order valence-corrected chi connectivity index (χ1v) is 7.03. The number of methoxy groups -OCH3 is 1. The van der Waals surface area contributed by atoms with Crippen LogP contribution in [0.15, 0.2) is 18.2 Å². The van der Waals surface area contributed by atoms with E-state index in [-0.39, 0.29) is 17.7 Å². The molecular formula is C16H21F2NO2. The van der Waals surface area contributed by atoms with E-state index in [4.69, 9.17) is 4.74 Å². The second-order valence-corrected chi connectivity index (χ2v) is 6.29. The normalized spacial score (nSPS) is 22.9. The predicted octanol–water partition coefficient (Wildman–Crippen LogP) is 2.79. The van der Waals surface area contributed by atoms with Gasteiger partial charge in [-0.15, -0.1) is 0 Å². The van der Waals surface area contributed by atoms with Crippen LogP contribution in [0.1, 0.15) is 32.3 Å². The number of rotatable bonds is 6. The summed E-state index contributed by atoms with van der Waals surface area (Å²) in [6.45, 7) is 4.76. The van der Waals surface area contributed by atoms with Crippen LogP contribution in [0.2, 0.25) is 0 Å². The Bertz CT molecular complexity index is 545. The summed E-state index contributed by atoms with van der Waals surface area (Å²) < 4.78 is 32.0. The number of benzene rings is 1. The van der Waals surface area contributed by atoms with Gasteiger partial charge in [-0.1, -0.05) is 19.9 Å². The first-order chi connectivity index (χ1) is 9.82. The number of hydrogen-bond acceptors (Lipinski definition) is 2. The van der Waals surface area contributed by atoms with Crippen molar-refractivity contribution >= 4 is 5.91 Å². The average molecular weight is 297 g/mol. The molecule has 1 aromatic rings. The number of carbonyl (C=O) groups is 1. The third kappa shape index (κ3) is 3.07. The van der Waals surface area contributed by atoms with Gasteiger partial charge in [0, 0.05) is 31.6 Å². The minimum Gasteiger partial charge on any atom is -0.384 e. The zero-order chi connectivity index (χ0) is 15.7. The summed E-state index contributed by atoms with van der Waals surface area (Å²) in [5.74, 6) is -1.26. The van der Waals surface area contributed by atoms with E-state index in [2.05, 4.69) is 5.32 Å². The molecule has 0 radical (unpaired) electrons. The highest BCUT2D eigenvalue weighted by molar-refractivity contribution is 5.76. The van der Waals surface area contributed by atoms with Gasteiger partial charge in [-0.3, -0.25) is 4.79 Å². The lowest BCUT2D eigenvalue weighted by Crippen LogP contribution is -2.35. The van der Waals surface area contributed by atoms with Gasteiger partial charge < -0.3 is 10.1 Å². The number of ether oxygens (including phenoxy) is 1. The molecule has 116 valence electrons. The van der Waals surface area contributed by atoms with Crippen molar-refractivity contribution in [2.75, 3.05) is 20.3 Å². The Morgan fingerprint density at radius 1 is 1.38 bits per heavy atom. The molecule has 1 atom stereocenters. The van der Waals surface area contributed by atoms with Crippen molar-refractivity contribution in [3.8, 4) is 0 Å². The molecule has 1 amide bonds. The van der Waals surface area contributed by atoms with Gasteiger partial charge in [-0.25, -0.2) is 8.78 Å². The smallest absolute Gasteiger partial charge is 0.222 e. The van der Waals surface area contributed by atoms with Crippen LogP contribution in [0.3, 0.4) is 0 Å². The maximum Gasteiger partial charge on any atom is 0.222 e. The van der Waals surface area contributed by atoms with Crippen LogP contribution in [0.25, 0.3) is 0 Å². The molecule has 21 heavy (non-hydrogen) atoms. The summed E-state index contributed by atoms with van der Waals surface area (Å²) in [4.78, 5) is 11.7. The van der Waals surface area contributed by atoms with Crippen molar-refractivity contribution < 1.29 is 18.3 Å². The lowest BCUT2D eigenvalue weighted by atomic mass is 9.87. The molecule has 0 bridgehead atoms. The van der Waals surface area contributed by atoms with Crippen molar-refractivity contribution in [2.45, 2.75) is 32.1 Å². The first-order valence-electron chi connectivity index (χ1n) is 7.03. The minimum atomic E-state index is -0.589. The molecule has 1 unspecified atom stereocenters. The average Bonchev–Trinajstić information content (AvgIpc) is 2.96. The zero-order valence-corrected chi connectivity index (χ0v) is 12.6. The van der Waals surface area contributed by atoms with Gasteiger partial charge in [0.25, 0.3) is 0 Å². The van der Waals surface area contributed by atoms with E-state index in [9.17, 15) is 13.6 Å². The third-order valence-corrected chi connectivity index (χ3v) is 4.48. The molecular weight excluding hydrogens is 276 g/mol. The molecule has 1 N–H and O–H groups in total. The Kier molecular flexibility index (Phi) is 4.33. The Hall–Kier alpha value is -1.49. The van der Waals surface area contributed by atoms with Crippen LogP contribution < -0.4 is 5.32 Å². The fourth-order valence-electron chi connectivity index (χ4n) is 2.98. The molecule has 3 nitrogen and oxygen atoms in total. The SMILES string of the molecule is COCCC(=O)NCC1(c2ccc(F)cc2F)CC1(C)C. The number of amides is 1. The number of carbonyl (C=O) groups excluding carboxylic acids is 1. The van der Waals surface area contributed by atoms with Crippen LogP contribution in [0.4, 0.5) is 8.78 Å². The second-order valence-electron chi connectivity index (χ2n) is 6.29. The zero-order valence-electron chi connectivity index (χ0n) is 12.6. The van der Waals surface area contributed by atoms with Gasteiger partial charge in [-0.2, -0.15) is 0 Å². The predicted molar refractivity (Wildman–Crippen MR) is 75.9 cm³/mol. The molecule has 0 aliphatic heterocycles. The lowest BCUT2D eigenvalue weighted by Gasteiger charge is -2.22. The minimum absolute atomic E-state index is 0.124. The third-order valence-electron chi connectivity index (χ3n) is 4.48. The Morgan fingerprint density at radius 3 is 2.57 bits per heavy atom. The molecule has 5 heteroatoms. The molecule has 0 saturated heterocycles. The Labute approximate surface area is 123 Å². The highest BCUT2D eigenvalue weighted by Gasteiger charge is 2.62. The van der Waals surface area contributed by atoms with E-state index >= 15 is 0 Å². The fourth-order valence-corrected chi connectivity index (χ4v) is 2.98. The largest absolute Gasteiger partial charge is 0.384 e. The molecule has 2 rings (SSSR count). The lowest BCUT2D eigenvalue weighted by molar-refractivity contribution is -0.122. The van der Waals surface area contributed by atoms with Crippen LogP contribution in [-0.4, -0.2) is 26.2 Å². The molecule has 1 aliphatic rings. The highest BCUT2D eigenvalue weighted by Crippen LogP contribution is 2.64. The van der Waals surface area contributed by atoms with Gasteiger partial charge in [0.1, 0.15) is 11.6 Å². The van der Waals surface area contributed by atoms with Gasteiger partial charge in [0.05, 0.1) is 6.61 Å². The summed E-state index contributed by atoms with van der Waals surface area (Å²) in [5.41, 5.74) is -0.116. The summed E-state index contributed by atoms with van der Waals surface area (Å²) in [5, 5.41) is 2.84. The van der Waals surface area contributed by atoms with Crippen molar-refractivity contribution in [3.63, 3.8) is 0 Å². The van der Waals surface area contributed by atoms with Crippen LogP contribution in [0.5, 0.6) is 0 Å². The van der Waals surface area contributed by atoms with Crippen molar-refractivity contribution in [1.82, 2.24) is 5.32 Å². The maximum absolute atomic E-state index is 14.1. The molecule has 1 fully saturated rings. The molecule has 0 spiro atoms.